The summed E-state index contributed by atoms with van der Waals surface area (Å²) in [6.45, 7) is 5.52. The molecule has 86 valence electrons. The number of nitrogens with one attached hydrogen (secondary N) is 2. The van der Waals surface area contributed by atoms with Crippen molar-refractivity contribution < 1.29 is 8.42 Å². The molecule has 0 spiro atoms. The molecule has 1 aromatic rings. The monoisotopic (exact) mass is 231 g/mol. The summed E-state index contributed by atoms with van der Waals surface area (Å²) in [5.41, 5.74) is 1.99. The molecule has 0 radical (unpaired) electrons. The van der Waals surface area contributed by atoms with Crippen molar-refractivity contribution in [1.29, 1.82) is 0 Å². The summed E-state index contributed by atoms with van der Waals surface area (Å²) in [5.74, 6) is 0.160. The Labute approximate surface area is 90.3 Å². The average Bonchev–Trinajstić information content (AvgIpc) is 2.46. The SMILES string of the molecule is CCCCS(=O)(=O)Nc1c(C)n[nH]c1C. The van der Waals surface area contributed by atoms with E-state index in [1.165, 1.54) is 0 Å². The Morgan fingerprint density at radius 2 is 2.07 bits per heavy atom. The van der Waals surface area contributed by atoms with Crippen LogP contribution in [0.15, 0.2) is 0 Å². The molecule has 0 saturated carbocycles. The summed E-state index contributed by atoms with van der Waals surface area (Å²) in [4.78, 5) is 0. The zero-order valence-electron chi connectivity index (χ0n) is 9.29. The van der Waals surface area contributed by atoms with E-state index in [1.54, 1.807) is 13.8 Å². The minimum atomic E-state index is -3.22. The van der Waals surface area contributed by atoms with Crippen LogP contribution < -0.4 is 4.72 Å². The van der Waals surface area contributed by atoms with Gasteiger partial charge in [0.05, 0.1) is 22.8 Å². The van der Waals surface area contributed by atoms with Crippen LogP contribution in [0.5, 0.6) is 0 Å². The minimum Gasteiger partial charge on any atom is -0.280 e. The molecule has 1 heterocycles. The van der Waals surface area contributed by atoms with Crippen molar-refractivity contribution in [3.05, 3.63) is 11.4 Å². The lowest BCUT2D eigenvalue weighted by Gasteiger charge is -2.06. The number of aromatic nitrogens is 2. The number of unbranched alkanes of at least 4 members (excludes halogenated alkanes) is 1. The summed E-state index contributed by atoms with van der Waals surface area (Å²) >= 11 is 0. The second-order valence-corrected chi connectivity index (χ2v) is 5.43. The maximum absolute atomic E-state index is 11.6. The van der Waals surface area contributed by atoms with Gasteiger partial charge in [-0.05, 0) is 20.3 Å². The van der Waals surface area contributed by atoms with Crippen LogP contribution in [0.3, 0.4) is 0 Å². The van der Waals surface area contributed by atoms with Gasteiger partial charge in [-0.2, -0.15) is 5.10 Å². The van der Waals surface area contributed by atoms with Crippen LogP contribution in [0.1, 0.15) is 31.2 Å². The first-order chi connectivity index (χ1) is 6.96. The normalized spacial score (nSPS) is 11.7. The number of nitrogens with zero attached hydrogens (tertiary/aromatic N) is 1. The standard InChI is InChI=1S/C9H17N3O2S/c1-4-5-6-15(13,14)12-9-7(2)10-11-8(9)3/h12H,4-6H2,1-3H3,(H,10,11). The molecule has 0 unspecified atom stereocenters. The molecule has 0 aliphatic carbocycles. The van der Waals surface area contributed by atoms with E-state index < -0.39 is 10.0 Å². The summed E-state index contributed by atoms with van der Waals surface area (Å²) in [7, 11) is -3.22. The maximum Gasteiger partial charge on any atom is 0.232 e. The molecule has 1 aromatic heterocycles. The predicted molar refractivity (Wildman–Crippen MR) is 60.4 cm³/mol. The molecule has 0 aliphatic heterocycles. The third kappa shape index (κ3) is 3.23. The van der Waals surface area contributed by atoms with Gasteiger partial charge in [-0.15, -0.1) is 0 Å². The van der Waals surface area contributed by atoms with Crippen molar-refractivity contribution in [2.24, 2.45) is 0 Å². The van der Waals surface area contributed by atoms with E-state index in [9.17, 15) is 8.42 Å². The van der Waals surface area contributed by atoms with E-state index in [1.807, 2.05) is 6.92 Å². The molecule has 1 rings (SSSR count). The van der Waals surface area contributed by atoms with Crippen molar-refractivity contribution in [2.45, 2.75) is 33.6 Å². The summed E-state index contributed by atoms with van der Waals surface area (Å²) in [6, 6.07) is 0. The van der Waals surface area contributed by atoms with E-state index in [2.05, 4.69) is 14.9 Å². The lowest BCUT2D eigenvalue weighted by Crippen LogP contribution is -2.17. The van der Waals surface area contributed by atoms with Gasteiger partial charge in [0, 0.05) is 0 Å². The predicted octanol–water partition coefficient (Wildman–Crippen LogP) is 1.57. The van der Waals surface area contributed by atoms with Crippen LogP contribution >= 0.6 is 0 Å². The number of aryl methyl sites for hydroxylation is 2. The quantitative estimate of drug-likeness (QED) is 0.807. The molecule has 0 atom stereocenters. The third-order valence-electron chi connectivity index (χ3n) is 2.15. The van der Waals surface area contributed by atoms with E-state index in [-0.39, 0.29) is 5.75 Å². The maximum atomic E-state index is 11.6. The first-order valence-corrected chi connectivity index (χ1v) is 6.63. The van der Waals surface area contributed by atoms with Crippen molar-refractivity contribution >= 4 is 15.7 Å². The second-order valence-electron chi connectivity index (χ2n) is 3.58. The highest BCUT2D eigenvalue weighted by atomic mass is 32.2. The van der Waals surface area contributed by atoms with Crippen LogP contribution in [-0.2, 0) is 10.0 Å². The van der Waals surface area contributed by atoms with Crippen molar-refractivity contribution in [2.75, 3.05) is 10.5 Å². The Balaban J connectivity index is 2.77. The van der Waals surface area contributed by atoms with Crippen LogP contribution in [-0.4, -0.2) is 24.4 Å². The lowest BCUT2D eigenvalue weighted by molar-refractivity contribution is 0.598. The van der Waals surface area contributed by atoms with E-state index >= 15 is 0 Å². The highest BCUT2D eigenvalue weighted by Gasteiger charge is 2.14. The van der Waals surface area contributed by atoms with Crippen molar-refractivity contribution in [1.82, 2.24) is 10.2 Å². The van der Waals surface area contributed by atoms with Crippen molar-refractivity contribution in [3.63, 3.8) is 0 Å². The van der Waals surface area contributed by atoms with E-state index in [0.29, 0.717) is 17.8 Å². The molecule has 0 bridgehead atoms. The van der Waals surface area contributed by atoms with Crippen molar-refractivity contribution in [3.8, 4) is 0 Å². The Bertz CT molecular complexity index is 403. The zero-order chi connectivity index (χ0) is 11.5. The molecule has 2 N–H and O–H groups in total. The molecule has 0 amide bonds. The summed E-state index contributed by atoms with van der Waals surface area (Å²) in [5, 5.41) is 6.67. The molecular weight excluding hydrogens is 214 g/mol. The summed E-state index contributed by atoms with van der Waals surface area (Å²) in [6.07, 6.45) is 1.54. The van der Waals surface area contributed by atoms with Gasteiger partial charge in [0.15, 0.2) is 0 Å². The molecule has 15 heavy (non-hydrogen) atoms. The lowest BCUT2D eigenvalue weighted by atomic mass is 10.3. The van der Waals surface area contributed by atoms with Crippen LogP contribution in [0.4, 0.5) is 5.69 Å². The number of aromatic amines is 1. The molecule has 0 fully saturated rings. The van der Waals surface area contributed by atoms with Gasteiger partial charge in [0.2, 0.25) is 10.0 Å². The first kappa shape index (κ1) is 12.0. The molecule has 6 heteroatoms. The van der Waals surface area contributed by atoms with Gasteiger partial charge in [0.1, 0.15) is 0 Å². The molecule has 0 aromatic carbocycles. The summed E-state index contributed by atoms with van der Waals surface area (Å²) < 4.78 is 25.8. The Kier molecular flexibility index (Phi) is 3.73. The van der Waals surface area contributed by atoms with Gasteiger partial charge >= 0.3 is 0 Å². The van der Waals surface area contributed by atoms with Gasteiger partial charge in [0.25, 0.3) is 0 Å². The number of hydrogen-bond acceptors (Lipinski definition) is 3. The van der Waals surface area contributed by atoms with Crippen LogP contribution in [0, 0.1) is 13.8 Å². The first-order valence-electron chi connectivity index (χ1n) is 4.98. The number of anilines is 1. The number of rotatable bonds is 5. The molecule has 0 aliphatic rings. The molecular formula is C9H17N3O2S. The van der Waals surface area contributed by atoms with Crippen LogP contribution in [0.25, 0.3) is 0 Å². The Morgan fingerprint density at radius 3 is 2.53 bits per heavy atom. The highest BCUT2D eigenvalue weighted by molar-refractivity contribution is 7.92. The Morgan fingerprint density at radius 1 is 1.40 bits per heavy atom. The highest BCUT2D eigenvalue weighted by Crippen LogP contribution is 2.17. The van der Waals surface area contributed by atoms with Gasteiger partial charge in [-0.1, -0.05) is 13.3 Å². The van der Waals surface area contributed by atoms with Gasteiger partial charge in [-0.25, -0.2) is 8.42 Å². The number of H-pyrrole nitrogens is 1. The molecule has 0 saturated heterocycles. The fourth-order valence-corrected chi connectivity index (χ4v) is 2.62. The fraction of sp³-hybridized carbons (Fsp3) is 0.667. The topological polar surface area (TPSA) is 74.8 Å². The minimum absolute atomic E-state index is 0.160. The van der Waals surface area contributed by atoms with E-state index in [4.69, 9.17) is 0 Å². The largest absolute Gasteiger partial charge is 0.280 e. The van der Waals surface area contributed by atoms with Gasteiger partial charge in [-0.3, -0.25) is 9.82 Å². The fourth-order valence-electron chi connectivity index (χ4n) is 1.24. The Hall–Kier alpha value is -1.04. The van der Waals surface area contributed by atoms with Gasteiger partial charge < -0.3 is 0 Å². The number of sulfonamides is 1. The van der Waals surface area contributed by atoms with E-state index in [0.717, 1.165) is 12.1 Å². The zero-order valence-corrected chi connectivity index (χ0v) is 10.1. The average molecular weight is 231 g/mol. The smallest absolute Gasteiger partial charge is 0.232 e. The molecule has 5 nitrogen and oxygen atoms in total. The number of hydrogen-bond donors (Lipinski definition) is 2. The third-order valence-corrected chi connectivity index (χ3v) is 3.49. The second kappa shape index (κ2) is 4.65. The van der Waals surface area contributed by atoms with Crippen LogP contribution in [0.2, 0.25) is 0 Å².